The third kappa shape index (κ3) is 3.54. The lowest BCUT2D eigenvalue weighted by atomic mass is 10.3. The van der Waals surface area contributed by atoms with Gasteiger partial charge in [0, 0.05) is 24.8 Å². The molecule has 0 saturated heterocycles. The quantitative estimate of drug-likeness (QED) is 0.706. The molecule has 0 saturated carbocycles. The van der Waals surface area contributed by atoms with Crippen molar-refractivity contribution in [3.8, 4) is 0 Å². The van der Waals surface area contributed by atoms with E-state index in [2.05, 4.69) is 15.3 Å². The third-order valence-electron chi connectivity index (χ3n) is 3.39. The fraction of sp³-hybridized carbons (Fsp3) is 0.0625. The number of pyridine rings is 2. The monoisotopic (exact) mass is 376 g/mol. The Morgan fingerprint density at radius 2 is 2.04 bits per heavy atom. The zero-order valence-electron chi connectivity index (χ0n) is 13.0. The number of nitrogens with one attached hydrogen (secondary N) is 1. The number of anilines is 1. The van der Waals surface area contributed by atoms with Crippen LogP contribution in [0.25, 0.3) is 0 Å². The first kappa shape index (κ1) is 17.1. The summed E-state index contributed by atoms with van der Waals surface area (Å²) in [5, 5.41) is 2.84. The average Bonchev–Trinajstić information content (AvgIpc) is 3.07. The molecule has 25 heavy (non-hydrogen) atoms. The maximum atomic E-state index is 12.6. The summed E-state index contributed by atoms with van der Waals surface area (Å²) in [6, 6.07) is 7.87. The smallest absolute Gasteiger partial charge is 0.274 e. The standard InChI is InChI=1S/C16H13ClN4O3S/c1-11-8-13(9-19-15(11)17)25(23,24)21-7-5-12(10-21)20-16(22)14-4-2-3-6-18-14/h2-10H,1H3,(H,20,22). The van der Waals surface area contributed by atoms with Crippen LogP contribution in [0.4, 0.5) is 5.69 Å². The number of carbonyl (C=O) groups excluding carboxylic acids is 1. The summed E-state index contributed by atoms with van der Waals surface area (Å²) in [7, 11) is -3.83. The van der Waals surface area contributed by atoms with E-state index in [4.69, 9.17) is 11.6 Å². The van der Waals surface area contributed by atoms with Gasteiger partial charge < -0.3 is 5.32 Å². The van der Waals surface area contributed by atoms with Crippen molar-refractivity contribution in [1.29, 1.82) is 0 Å². The molecule has 3 heterocycles. The van der Waals surface area contributed by atoms with Crippen LogP contribution >= 0.6 is 11.6 Å². The first-order chi connectivity index (χ1) is 11.9. The summed E-state index contributed by atoms with van der Waals surface area (Å²) in [6.45, 7) is 1.67. The maximum absolute atomic E-state index is 12.6. The first-order valence-corrected chi connectivity index (χ1v) is 8.98. The number of amides is 1. The molecule has 3 rings (SSSR count). The van der Waals surface area contributed by atoms with Crippen molar-refractivity contribution in [1.82, 2.24) is 13.9 Å². The minimum Gasteiger partial charge on any atom is -0.319 e. The lowest BCUT2D eigenvalue weighted by Gasteiger charge is -2.07. The number of nitrogens with zero attached hydrogens (tertiary/aromatic N) is 3. The summed E-state index contributed by atoms with van der Waals surface area (Å²) < 4.78 is 26.2. The largest absolute Gasteiger partial charge is 0.319 e. The normalized spacial score (nSPS) is 11.3. The number of hydrogen-bond donors (Lipinski definition) is 1. The zero-order valence-corrected chi connectivity index (χ0v) is 14.6. The fourth-order valence-corrected chi connectivity index (χ4v) is 3.42. The average molecular weight is 377 g/mol. The lowest BCUT2D eigenvalue weighted by molar-refractivity contribution is 0.102. The molecule has 0 spiro atoms. The SMILES string of the molecule is Cc1cc(S(=O)(=O)n2ccc(NC(=O)c3ccccn3)c2)cnc1Cl. The van der Waals surface area contributed by atoms with Gasteiger partial charge in [0.1, 0.15) is 15.7 Å². The van der Waals surface area contributed by atoms with Gasteiger partial charge in [-0.3, -0.25) is 9.78 Å². The Balaban J connectivity index is 1.85. The van der Waals surface area contributed by atoms with Gasteiger partial charge in [-0.15, -0.1) is 0 Å². The third-order valence-corrected chi connectivity index (χ3v) is 5.38. The minimum absolute atomic E-state index is 0.00704. The molecule has 9 heteroatoms. The van der Waals surface area contributed by atoms with Crippen molar-refractivity contribution >= 4 is 33.2 Å². The van der Waals surface area contributed by atoms with Crippen LogP contribution in [0.3, 0.4) is 0 Å². The summed E-state index contributed by atoms with van der Waals surface area (Å²) in [6.07, 6.45) is 5.34. The minimum atomic E-state index is -3.83. The number of hydrogen-bond acceptors (Lipinski definition) is 5. The number of aryl methyl sites for hydroxylation is 1. The highest BCUT2D eigenvalue weighted by Crippen LogP contribution is 2.20. The van der Waals surface area contributed by atoms with Gasteiger partial charge in [-0.25, -0.2) is 17.4 Å². The molecule has 0 aliphatic rings. The predicted molar refractivity (Wildman–Crippen MR) is 93.2 cm³/mol. The van der Waals surface area contributed by atoms with Crippen LogP contribution in [-0.2, 0) is 10.0 Å². The van der Waals surface area contributed by atoms with Crippen LogP contribution in [0.2, 0.25) is 5.15 Å². The van der Waals surface area contributed by atoms with Crippen LogP contribution in [0.15, 0.2) is 60.0 Å². The summed E-state index contributed by atoms with van der Waals surface area (Å²) >= 11 is 5.83. The highest BCUT2D eigenvalue weighted by atomic mass is 35.5. The first-order valence-electron chi connectivity index (χ1n) is 7.16. The van der Waals surface area contributed by atoms with Crippen molar-refractivity contribution in [3.05, 3.63) is 71.5 Å². The Labute approximate surface area is 149 Å². The molecule has 0 aliphatic heterocycles. The van der Waals surface area contributed by atoms with E-state index in [1.165, 1.54) is 36.9 Å². The van der Waals surface area contributed by atoms with Crippen LogP contribution in [0.5, 0.6) is 0 Å². The Morgan fingerprint density at radius 1 is 1.24 bits per heavy atom. The van der Waals surface area contributed by atoms with Crippen LogP contribution in [0, 0.1) is 6.92 Å². The van der Waals surface area contributed by atoms with E-state index in [0.29, 0.717) is 11.3 Å². The van der Waals surface area contributed by atoms with Gasteiger partial charge >= 0.3 is 0 Å². The number of halogens is 1. The van der Waals surface area contributed by atoms with Gasteiger partial charge in [0.25, 0.3) is 15.9 Å². The topological polar surface area (TPSA) is 94.0 Å². The summed E-state index contributed by atoms with van der Waals surface area (Å²) in [5.41, 5.74) is 1.12. The second-order valence-electron chi connectivity index (χ2n) is 5.18. The highest BCUT2D eigenvalue weighted by Gasteiger charge is 2.19. The Bertz CT molecular complexity index is 1030. The molecule has 0 radical (unpaired) electrons. The van der Waals surface area contributed by atoms with Crippen LogP contribution in [-0.4, -0.2) is 28.3 Å². The van der Waals surface area contributed by atoms with Gasteiger partial charge in [0.05, 0.1) is 5.69 Å². The molecule has 0 unspecified atom stereocenters. The molecule has 0 aromatic carbocycles. The van der Waals surface area contributed by atoms with Crippen LogP contribution in [0.1, 0.15) is 16.1 Å². The molecular formula is C16H13ClN4O3S. The Morgan fingerprint density at radius 3 is 2.72 bits per heavy atom. The Kier molecular flexibility index (Phi) is 4.56. The van der Waals surface area contributed by atoms with Gasteiger partial charge in [-0.1, -0.05) is 17.7 Å². The molecule has 3 aromatic heterocycles. The van der Waals surface area contributed by atoms with Crippen LogP contribution < -0.4 is 5.32 Å². The summed E-state index contributed by atoms with van der Waals surface area (Å²) in [5.74, 6) is -0.431. The molecule has 1 N–H and O–H groups in total. The van der Waals surface area contributed by atoms with E-state index in [1.54, 1.807) is 25.1 Å². The van der Waals surface area contributed by atoms with Crippen molar-refractivity contribution in [2.75, 3.05) is 5.32 Å². The van der Waals surface area contributed by atoms with Crippen molar-refractivity contribution in [2.24, 2.45) is 0 Å². The molecule has 0 bridgehead atoms. The maximum Gasteiger partial charge on any atom is 0.274 e. The second kappa shape index (κ2) is 6.66. The number of carbonyl (C=O) groups is 1. The lowest BCUT2D eigenvalue weighted by Crippen LogP contribution is -2.14. The molecule has 0 fully saturated rings. The molecular weight excluding hydrogens is 364 g/mol. The molecule has 3 aromatic rings. The number of aromatic nitrogens is 3. The molecule has 128 valence electrons. The van der Waals surface area contributed by atoms with E-state index in [-0.39, 0.29) is 15.7 Å². The van der Waals surface area contributed by atoms with E-state index in [1.807, 2.05) is 0 Å². The predicted octanol–water partition coefficient (Wildman–Crippen LogP) is 2.73. The molecule has 7 nitrogen and oxygen atoms in total. The van der Waals surface area contributed by atoms with Gasteiger partial charge in [-0.05, 0) is 36.8 Å². The second-order valence-corrected chi connectivity index (χ2v) is 7.38. The highest BCUT2D eigenvalue weighted by molar-refractivity contribution is 7.90. The van der Waals surface area contributed by atoms with Crippen molar-refractivity contribution in [2.45, 2.75) is 11.8 Å². The fourth-order valence-electron chi connectivity index (χ4n) is 2.09. The van der Waals surface area contributed by atoms with Crippen molar-refractivity contribution < 1.29 is 13.2 Å². The molecule has 0 atom stereocenters. The summed E-state index contributed by atoms with van der Waals surface area (Å²) in [4.78, 5) is 19.9. The van der Waals surface area contributed by atoms with E-state index in [9.17, 15) is 13.2 Å². The molecule has 0 aliphatic carbocycles. The van der Waals surface area contributed by atoms with E-state index < -0.39 is 15.9 Å². The van der Waals surface area contributed by atoms with E-state index >= 15 is 0 Å². The van der Waals surface area contributed by atoms with Gasteiger partial charge in [0.2, 0.25) is 0 Å². The zero-order chi connectivity index (χ0) is 18.0. The number of rotatable bonds is 4. The van der Waals surface area contributed by atoms with Crippen molar-refractivity contribution in [3.63, 3.8) is 0 Å². The van der Waals surface area contributed by atoms with E-state index in [0.717, 1.165) is 3.97 Å². The Hall–Kier alpha value is -2.71. The van der Waals surface area contributed by atoms with Gasteiger partial charge in [-0.2, -0.15) is 0 Å². The van der Waals surface area contributed by atoms with Gasteiger partial charge in [0.15, 0.2) is 0 Å². The molecule has 1 amide bonds.